The second kappa shape index (κ2) is 8.57. The molecule has 144 valence electrons. The van der Waals surface area contributed by atoms with Crippen LogP contribution in [0, 0.1) is 0 Å². The van der Waals surface area contributed by atoms with Crippen LogP contribution in [0.5, 0.6) is 0 Å². The molecule has 0 unspecified atom stereocenters. The van der Waals surface area contributed by atoms with Gasteiger partial charge in [-0.2, -0.15) is 0 Å². The summed E-state index contributed by atoms with van der Waals surface area (Å²) < 4.78 is 0. The Morgan fingerprint density at radius 1 is 0.964 bits per heavy atom. The molecule has 28 heavy (non-hydrogen) atoms. The summed E-state index contributed by atoms with van der Waals surface area (Å²) in [4.78, 5) is 18.8. The standard InChI is InChI=1S/C23H26N4O/c1-16(2)20-7-5-6-8-21(20)25-18-13-14-24-22(15-18)23(28)26-17-9-11-19(12-10-17)27(3)4/h5-16H,1-4H3,(H,24,25)(H,26,28). The summed E-state index contributed by atoms with van der Waals surface area (Å²) >= 11 is 0. The molecular weight excluding hydrogens is 348 g/mol. The van der Waals surface area contributed by atoms with Crippen LogP contribution in [-0.4, -0.2) is 25.0 Å². The Kier molecular flexibility index (Phi) is 5.94. The molecule has 0 aliphatic rings. The molecule has 1 amide bonds. The van der Waals surface area contributed by atoms with Gasteiger partial charge in [0.25, 0.3) is 5.91 Å². The van der Waals surface area contributed by atoms with Crippen LogP contribution in [0.4, 0.5) is 22.7 Å². The van der Waals surface area contributed by atoms with E-state index in [1.807, 2.05) is 67.5 Å². The Morgan fingerprint density at radius 3 is 2.36 bits per heavy atom. The number of carbonyl (C=O) groups is 1. The van der Waals surface area contributed by atoms with Gasteiger partial charge in [0.1, 0.15) is 5.69 Å². The lowest BCUT2D eigenvalue weighted by molar-refractivity contribution is 0.102. The predicted octanol–water partition coefficient (Wildman–Crippen LogP) is 5.27. The van der Waals surface area contributed by atoms with Gasteiger partial charge in [0.15, 0.2) is 0 Å². The van der Waals surface area contributed by atoms with E-state index < -0.39 is 0 Å². The van der Waals surface area contributed by atoms with Crippen LogP contribution in [0.3, 0.4) is 0 Å². The van der Waals surface area contributed by atoms with Crippen LogP contribution in [0.25, 0.3) is 0 Å². The molecule has 0 saturated heterocycles. The van der Waals surface area contributed by atoms with Crippen molar-refractivity contribution >= 4 is 28.7 Å². The van der Waals surface area contributed by atoms with Crippen molar-refractivity contribution in [2.75, 3.05) is 29.6 Å². The smallest absolute Gasteiger partial charge is 0.274 e. The van der Waals surface area contributed by atoms with Gasteiger partial charge in [0.2, 0.25) is 0 Å². The summed E-state index contributed by atoms with van der Waals surface area (Å²) in [6.07, 6.45) is 1.64. The molecule has 1 heterocycles. The van der Waals surface area contributed by atoms with Crippen molar-refractivity contribution in [3.05, 3.63) is 78.1 Å². The van der Waals surface area contributed by atoms with Crippen LogP contribution in [-0.2, 0) is 0 Å². The first-order valence-electron chi connectivity index (χ1n) is 9.35. The normalized spacial score (nSPS) is 10.6. The maximum atomic E-state index is 12.6. The lowest BCUT2D eigenvalue weighted by Gasteiger charge is -2.15. The fourth-order valence-corrected chi connectivity index (χ4v) is 2.94. The molecule has 5 nitrogen and oxygen atoms in total. The number of carbonyl (C=O) groups excluding carboxylic acids is 1. The SMILES string of the molecule is CC(C)c1ccccc1Nc1ccnc(C(=O)Nc2ccc(N(C)C)cc2)c1. The van der Waals surface area contributed by atoms with Gasteiger partial charge in [-0.05, 0) is 53.9 Å². The fourth-order valence-electron chi connectivity index (χ4n) is 2.94. The Bertz CT molecular complexity index is 949. The minimum absolute atomic E-state index is 0.238. The fraction of sp³-hybridized carbons (Fsp3) is 0.217. The molecule has 3 aromatic rings. The Labute approximate surface area is 166 Å². The first-order chi connectivity index (χ1) is 13.4. The maximum Gasteiger partial charge on any atom is 0.274 e. The van der Waals surface area contributed by atoms with E-state index in [2.05, 4.69) is 35.5 Å². The van der Waals surface area contributed by atoms with Gasteiger partial charge in [-0.25, -0.2) is 0 Å². The van der Waals surface area contributed by atoms with E-state index in [0.717, 1.165) is 22.7 Å². The molecule has 0 saturated carbocycles. The van der Waals surface area contributed by atoms with Gasteiger partial charge in [-0.1, -0.05) is 32.0 Å². The summed E-state index contributed by atoms with van der Waals surface area (Å²) in [5.41, 5.74) is 5.27. The number of aromatic nitrogens is 1. The molecule has 0 fully saturated rings. The predicted molar refractivity (Wildman–Crippen MR) is 117 cm³/mol. The Hall–Kier alpha value is -3.34. The summed E-state index contributed by atoms with van der Waals surface area (Å²) in [6.45, 7) is 4.32. The van der Waals surface area contributed by atoms with Crippen molar-refractivity contribution in [1.82, 2.24) is 4.98 Å². The summed E-state index contributed by atoms with van der Waals surface area (Å²) in [5.74, 6) is 0.164. The highest BCUT2D eigenvalue weighted by Crippen LogP contribution is 2.27. The molecule has 0 spiro atoms. The number of anilines is 4. The molecule has 0 aliphatic carbocycles. The highest BCUT2D eigenvalue weighted by Gasteiger charge is 2.11. The van der Waals surface area contributed by atoms with Crippen molar-refractivity contribution in [3.8, 4) is 0 Å². The van der Waals surface area contributed by atoms with Crippen LogP contribution >= 0.6 is 0 Å². The number of rotatable bonds is 6. The number of hydrogen-bond acceptors (Lipinski definition) is 4. The highest BCUT2D eigenvalue weighted by molar-refractivity contribution is 6.03. The number of amides is 1. The number of benzene rings is 2. The molecule has 0 aliphatic heterocycles. The van der Waals surface area contributed by atoms with Crippen LogP contribution in [0.2, 0.25) is 0 Å². The van der Waals surface area contributed by atoms with Crippen molar-refractivity contribution in [3.63, 3.8) is 0 Å². The molecular formula is C23H26N4O. The first-order valence-corrected chi connectivity index (χ1v) is 9.35. The van der Waals surface area contributed by atoms with E-state index >= 15 is 0 Å². The van der Waals surface area contributed by atoms with Crippen molar-refractivity contribution < 1.29 is 4.79 Å². The summed E-state index contributed by atoms with van der Waals surface area (Å²) in [5, 5.41) is 6.30. The van der Waals surface area contributed by atoms with Gasteiger partial charge in [0.05, 0.1) is 0 Å². The zero-order valence-electron chi connectivity index (χ0n) is 16.7. The zero-order valence-corrected chi connectivity index (χ0v) is 16.7. The van der Waals surface area contributed by atoms with E-state index in [1.54, 1.807) is 12.3 Å². The van der Waals surface area contributed by atoms with E-state index in [9.17, 15) is 4.79 Å². The third kappa shape index (κ3) is 4.68. The second-order valence-electron chi connectivity index (χ2n) is 7.19. The van der Waals surface area contributed by atoms with E-state index in [4.69, 9.17) is 0 Å². The Morgan fingerprint density at radius 2 is 1.68 bits per heavy atom. The Balaban J connectivity index is 1.75. The van der Waals surface area contributed by atoms with Gasteiger partial charge >= 0.3 is 0 Å². The minimum Gasteiger partial charge on any atom is -0.378 e. The van der Waals surface area contributed by atoms with Crippen molar-refractivity contribution in [1.29, 1.82) is 0 Å². The highest BCUT2D eigenvalue weighted by atomic mass is 16.1. The quantitative estimate of drug-likeness (QED) is 0.617. The average Bonchev–Trinajstić information content (AvgIpc) is 2.69. The third-order valence-corrected chi connectivity index (χ3v) is 4.50. The molecule has 2 N–H and O–H groups in total. The largest absolute Gasteiger partial charge is 0.378 e. The number of nitrogens with zero attached hydrogens (tertiary/aromatic N) is 2. The van der Waals surface area contributed by atoms with Gasteiger partial charge in [0, 0.05) is 43.0 Å². The molecule has 3 rings (SSSR count). The van der Waals surface area contributed by atoms with Crippen molar-refractivity contribution in [2.45, 2.75) is 19.8 Å². The molecule has 0 atom stereocenters. The number of nitrogens with one attached hydrogen (secondary N) is 2. The summed E-state index contributed by atoms with van der Waals surface area (Å²) in [7, 11) is 3.96. The van der Waals surface area contributed by atoms with Crippen LogP contribution in [0.15, 0.2) is 66.9 Å². The van der Waals surface area contributed by atoms with Gasteiger partial charge in [-0.3, -0.25) is 9.78 Å². The van der Waals surface area contributed by atoms with Gasteiger partial charge < -0.3 is 15.5 Å². The molecule has 0 radical (unpaired) electrons. The van der Waals surface area contributed by atoms with Gasteiger partial charge in [-0.15, -0.1) is 0 Å². The topological polar surface area (TPSA) is 57.3 Å². The molecule has 2 aromatic carbocycles. The van der Waals surface area contributed by atoms with Crippen LogP contribution < -0.4 is 15.5 Å². The third-order valence-electron chi connectivity index (χ3n) is 4.50. The monoisotopic (exact) mass is 374 g/mol. The average molecular weight is 374 g/mol. The molecule has 0 bridgehead atoms. The zero-order chi connectivity index (χ0) is 20.1. The first kappa shape index (κ1) is 19.4. The van der Waals surface area contributed by atoms with Crippen LogP contribution in [0.1, 0.15) is 35.8 Å². The number of para-hydroxylation sites is 1. The molecule has 5 heteroatoms. The number of pyridine rings is 1. The maximum absolute atomic E-state index is 12.6. The van der Waals surface area contributed by atoms with E-state index in [0.29, 0.717) is 11.6 Å². The number of hydrogen-bond donors (Lipinski definition) is 2. The second-order valence-corrected chi connectivity index (χ2v) is 7.19. The molecule has 1 aromatic heterocycles. The summed E-state index contributed by atoms with van der Waals surface area (Å²) in [6, 6.07) is 19.5. The lowest BCUT2D eigenvalue weighted by Crippen LogP contribution is -2.14. The lowest BCUT2D eigenvalue weighted by atomic mass is 10.0. The van der Waals surface area contributed by atoms with E-state index in [-0.39, 0.29) is 5.91 Å². The van der Waals surface area contributed by atoms with E-state index in [1.165, 1.54) is 5.56 Å². The van der Waals surface area contributed by atoms with Crippen molar-refractivity contribution in [2.24, 2.45) is 0 Å². The minimum atomic E-state index is -0.238.